The summed E-state index contributed by atoms with van der Waals surface area (Å²) in [6, 6.07) is 0. The standard InChI is InChI=1S/C26H30N6O3/c1-6-10-15-20(9-4)32(27)26(33)21(16-11-7-2)25(31-35)24(19(5)14-8-3)29-28-22-17-12-13-18-23(22)30-34/h6-10,13-16,18H,1-2,5,11-12,17,27H2,3-4H3/b14-8-,15-10-,20-9+,21-16+,25-24-,29-28-. The minimum Gasteiger partial charge on any atom is -0.267 e. The monoisotopic (exact) mass is 474 g/mol. The number of carbonyl (C=O) groups excluding carboxylic acids is 1. The number of nitrogens with two attached hydrogens (primary N) is 1. The van der Waals surface area contributed by atoms with Gasteiger partial charge in [0.25, 0.3) is 5.91 Å². The Kier molecular flexibility index (Phi) is 12.7. The van der Waals surface area contributed by atoms with Gasteiger partial charge in [-0.3, -0.25) is 4.79 Å². The van der Waals surface area contributed by atoms with Gasteiger partial charge in [0.15, 0.2) is 0 Å². The molecule has 0 aromatic rings. The predicted molar refractivity (Wildman–Crippen MR) is 140 cm³/mol. The Balaban J connectivity index is 3.77. The molecule has 2 N–H and O–H groups in total. The van der Waals surface area contributed by atoms with E-state index in [-0.39, 0.29) is 34.7 Å². The molecule has 0 fully saturated rings. The molecule has 0 radical (unpaired) electrons. The van der Waals surface area contributed by atoms with Crippen LogP contribution in [0.25, 0.3) is 0 Å². The Morgan fingerprint density at radius 3 is 2.51 bits per heavy atom. The van der Waals surface area contributed by atoms with Gasteiger partial charge < -0.3 is 0 Å². The molecule has 1 aliphatic rings. The van der Waals surface area contributed by atoms with Crippen LogP contribution in [0, 0.1) is 9.81 Å². The Labute approximate surface area is 205 Å². The van der Waals surface area contributed by atoms with Gasteiger partial charge in [0.1, 0.15) is 17.1 Å². The smallest absolute Gasteiger partial charge is 0.267 e. The van der Waals surface area contributed by atoms with Gasteiger partial charge in [-0.25, -0.2) is 10.9 Å². The second-order valence-electron chi connectivity index (χ2n) is 7.00. The molecule has 0 aliphatic heterocycles. The summed E-state index contributed by atoms with van der Waals surface area (Å²) in [5.74, 6) is 5.38. The predicted octanol–water partition coefficient (Wildman–Crippen LogP) is 6.73. The summed E-state index contributed by atoms with van der Waals surface area (Å²) in [6.45, 7) is 14.6. The van der Waals surface area contributed by atoms with Gasteiger partial charge >= 0.3 is 0 Å². The van der Waals surface area contributed by atoms with E-state index in [4.69, 9.17) is 5.84 Å². The van der Waals surface area contributed by atoms with Gasteiger partial charge in [-0.05, 0) is 61.2 Å². The van der Waals surface area contributed by atoms with Gasteiger partial charge in [-0.15, -0.1) is 21.5 Å². The molecular formula is C26H30N6O3. The van der Waals surface area contributed by atoms with E-state index in [9.17, 15) is 14.6 Å². The van der Waals surface area contributed by atoms with E-state index < -0.39 is 5.91 Å². The maximum absolute atomic E-state index is 13.4. The maximum Gasteiger partial charge on any atom is 0.274 e. The molecule has 182 valence electrons. The first kappa shape index (κ1) is 28.7. The van der Waals surface area contributed by atoms with E-state index in [1.807, 2.05) is 0 Å². The molecule has 9 nitrogen and oxygen atoms in total. The van der Waals surface area contributed by atoms with Crippen molar-refractivity contribution in [2.75, 3.05) is 0 Å². The number of amides is 1. The summed E-state index contributed by atoms with van der Waals surface area (Å²) in [7, 11) is 0. The Morgan fingerprint density at radius 1 is 1.20 bits per heavy atom. The molecule has 0 heterocycles. The summed E-state index contributed by atoms with van der Waals surface area (Å²) < 4.78 is 0. The van der Waals surface area contributed by atoms with E-state index >= 15 is 0 Å². The summed E-state index contributed by atoms with van der Waals surface area (Å²) in [5, 5.41) is 15.3. The highest BCUT2D eigenvalue weighted by molar-refractivity contribution is 5.99. The largest absolute Gasteiger partial charge is 0.274 e. The summed E-state index contributed by atoms with van der Waals surface area (Å²) in [4.78, 5) is 36.6. The van der Waals surface area contributed by atoms with Crippen molar-refractivity contribution in [1.82, 2.24) is 5.01 Å². The number of hydrogen-bond acceptors (Lipinski definition) is 8. The van der Waals surface area contributed by atoms with E-state index in [1.165, 1.54) is 12.2 Å². The fourth-order valence-electron chi connectivity index (χ4n) is 2.91. The van der Waals surface area contributed by atoms with E-state index in [2.05, 4.69) is 40.3 Å². The number of hydrazine groups is 1. The summed E-state index contributed by atoms with van der Waals surface area (Å²) in [5.41, 5.74) is 0.640. The number of nitrogens with zero attached hydrogens (tertiary/aromatic N) is 5. The van der Waals surface area contributed by atoms with Crippen molar-refractivity contribution in [2.45, 2.75) is 33.1 Å². The van der Waals surface area contributed by atoms with Crippen LogP contribution in [0.5, 0.6) is 0 Å². The minimum absolute atomic E-state index is 0.0499. The van der Waals surface area contributed by atoms with Gasteiger partial charge in [0, 0.05) is 0 Å². The van der Waals surface area contributed by atoms with Crippen LogP contribution in [0.15, 0.2) is 141 Å². The normalized spacial score (nSPS) is 15.5. The molecule has 0 spiro atoms. The zero-order valence-corrected chi connectivity index (χ0v) is 20.1. The minimum atomic E-state index is -0.709. The van der Waals surface area contributed by atoms with Crippen LogP contribution < -0.4 is 5.84 Å². The molecule has 1 aliphatic carbocycles. The van der Waals surface area contributed by atoms with Crippen molar-refractivity contribution in [3.63, 3.8) is 0 Å². The fraction of sp³-hybridized carbons (Fsp3) is 0.192. The van der Waals surface area contributed by atoms with E-state index in [0.717, 1.165) is 5.01 Å². The molecule has 1 amide bonds. The lowest BCUT2D eigenvalue weighted by Gasteiger charge is -2.20. The van der Waals surface area contributed by atoms with Crippen LogP contribution in [0.2, 0.25) is 0 Å². The fourth-order valence-corrected chi connectivity index (χ4v) is 2.91. The summed E-state index contributed by atoms with van der Waals surface area (Å²) in [6.07, 6.45) is 17.3. The van der Waals surface area contributed by atoms with Crippen molar-refractivity contribution in [1.29, 1.82) is 0 Å². The second kappa shape index (κ2) is 15.5. The average molecular weight is 475 g/mol. The van der Waals surface area contributed by atoms with E-state index in [0.29, 0.717) is 24.2 Å². The van der Waals surface area contributed by atoms with Gasteiger partial charge in [0.05, 0.1) is 17.0 Å². The Hall–Kier alpha value is -4.37. The molecule has 0 bridgehead atoms. The number of azo groups is 1. The zero-order valence-electron chi connectivity index (χ0n) is 20.1. The SMILES string of the molecule is C=C/C=C\C(=C/C)N(N)C(=O)C(=C/CC=C)/C(N=O)=C(/N=N\C1=C(N=O)C=CCC1)C(=C)/C=C\C. The first-order chi connectivity index (χ1) is 16.9. The number of allylic oxidation sites excluding steroid dienone is 11. The van der Waals surface area contributed by atoms with Crippen LogP contribution in [-0.2, 0) is 4.79 Å². The second-order valence-corrected chi connectivity index (χ2v) is 7.00. The Morgan fingerprint density at radius 2 is 1.94 bits per heavy atom. The lowest BCUT2D eigenvalue weighted by atomic mass is 10.0. The molecular weight excluding hydrogens is 444 g/mol. The summed E-state index contributed by atoms with van der Waals surface area (Å²) >= 11 is 0. The first-order valence-corrected chi connectivity index (χ1v) is 10.8. The van der Waals surface area contributed by atoms with Crippen LogP contribution >= 0.6 is 0 Å². The Bertz CT molecular complexity index is 1110. The molecule has 0 unspecified atom stereocenters. The van der Waals surface area contributed by atoms with Crippen LogP contribution in [0.3, 0.4) is 0 Å². The highest BCUT2D eigenvalue weighted by atomic mass is 16.3. The molecule has 35 heavy (non-hydrogen) atoms. The number of hydrogen-bond donors (Lipinski definition) is 1. The molecule has 0 saturated carbocycles. The topological polar surface area (TPSA) is 130 Å². The molecule has 9 heteroatoms. The lowest BCUT2D eigenvalue weighted by Crippen LogP contribution is -2.37. The van der Waals surface area contributed by atoms with Crippen molar-refractivity contribution in [3.8, 4) is 0 Å². The molecule has 0 saturated heterocycles. The lowest BCUT2D eigenvalue weighted by molar-refractivity contribution is -0.125. The van der Waals surface area contributed by atoms with Crippen molar-refractivity contribution < 1.29 is 4.79 Å². The van der Waals surface area contributed by atoms with Crippen molar-refractivity contribution in [2.24, 2.45) is 26.4 Å². The maximum atomic E-state index is 13.4. The van der Waals surface area contributed by atoms with Gasteiger partial charge in [-0.1, -0.05) is 61.8 Å². The van der Waals surface area contributed by atoms with Crippen LogP contribution in [0.1, 0.15) is 33.1 Å². The third kappa shape index (κ3) is 8.17. The van der Waals surface area contributed by atoms with Gasteiger partial charge in [-0.2, -0.15) is 5.11 Å². The third-order valence-electron chi connectivity index (χ3n) is 4.65. The molecule has 1 rings (SSSR count). The first-order valence-electron chi connectivity index (χ1n) is 10.8. The number of carbonyl (C=O) groups is 1. The molecule has 0 atom stereocenters. The van der Waals surface area contributed by atoms with E-state index in [1.54, 1.807) is 62.5 Å². The van der Waals surface area contributed by atoms with Crippen LogP contribution in [-0.4, -0.2) is 10.9 Å². The van der Waals surface area contributed by atoms with Gasteiger partial charge in [0.2, 0.25) is 0 Å². The number of nitroso groups, excluding NO2 is 2. The zero-order chi connectivity index (χ0) is 26.2. The third-order valence-corrected chi connectivity index (χ3v) is 4.65. The van der Waals surface area contributed by atoms with Crippen LogP contribution in [0.4, 0.5) is 0 Å². The average Bonchev–Trinajstić information content (AvgIpc) is 2.87. The number of rotatable bonds is 13. The highest BCUT2D eigenvalue weighted by Gasteiger charge is 2.25. The molecule has 0 aromatic carbocycles. The van der Waals surface area contributed by atoms with Crippen molar-refractivity contribution in [3.05, 3.63) is 130 Å². The highest BCUT2D eigenvalue weighted by Crippen LogP contribution is 2.28. The quantitative estimate of drug-likeness (QED) is 0.0463. The molecule has 0 aromatic heterocycles. The van der Waals surface area contributed by atoms with Crippen molar-refractivity contribution >= 4 is 5.91 Å².